The molecule has 0 N–H and O–H groups in total. The van der Waals surface area contributed by atoms with Crippen molar-refractivity contribution < 1.29 is 0 Å². The Morgan fingerprint density at radius 1 is 0.818 bits per heavy atom. The lowest BCUT2D eigenvalue weighted by Crippen LogP contribution is -2.51. The minimum absolute atomic E-state index is 0.967. The molecular weight excluding hydrogens is 264 g/mol. The average molecular weight is 303 g/mol. The van der Waals surface area contributed by atoms with Gasteiger partial charge in [-0.25, -0.2) is 0 Å². The molecule has 0 radical (unpaired) electrons. The summed E-state index contributed by atoms with van der Waals surface area (Å²) < 4.78 is 0. The topological polar surface area (TPSA) is 0 Å². The Morgan fingerprint density at radius 3 is 1.95 bits per heavy atom. The Kier molecular flexibility index (Phi) is 4.77. The van der Waals surface area contributed by atoms with Crippen LogP contribution in [-0.2, 0) is 0 Å². The molecule has 3 rings (SSSR count). The van der Waals surface area contributed by atoms with Gasteiger partial charge in [-0.05, 0) is 74.0 Å². The van der Waals surface area contributed by atoms with E-state index in [9.17, 15) is 0 Å². The summed E-state index contributed by atoms with van der Waals surface area (Å²) in [6.45, 7) is 14.6. The van der Waals surface area contributed by atoms with Crippen LogP contribution < -0.4 is 0 Å². The van der Waals surface area contributed by atoms with Gasteiger partial charge < -0.3 is 0 Å². The Bertz CT molecular complexity index is 427. The molecule has 0 bridgehead atoms. The molecule has 0 aromatic carbocycles. The Balaban J connectivity index is 1.96. The molecule has 0 nitrogen and oxygen atoms in total. The van der Waals surface area contributed by atoms with Crippen LogP contribution in [0.3, 0.4) is 0 Å². The molecule has 0 saturated heterocycles. The van der Waals surface area contributed by atoms with Crippen LogP contribution >= 0.6 is 0 Å². The van der Waals surface area contributed by atoms with Gasteiger partial charge in [-0.1, -0.05) is 64.5 Å². The van der Waals surface area contributed by atoms with Gasteiger partial charge in [-0.15, -0.1) is 0 Å². The van der Waals surface area contributed by atoms with Crippen LogP contribution in [0, 0.1) is 47.3 Å². The zero-order valence-corrected chi connectivity index (χ0v) is 15.9. The van der Waals surface area contributed by atoms with E-state index in [1.807, 2.05) is 5.57 Å². The van der Waals surface area contributed by atoms with Gasteiger partial charge in [-0.3, -0.25) is 0 Å². The third kappa shape index (κ3) is 2.23. The second-order valence-corrected chi connectivity index (χ2v) is 8.78. The van der Waals surface area contributed by atoms with Gasteiger partial charge >= 0.3 is 0 Å². The third-order valence-corrected chi connectivity index (χ3v) is 8.12. The summed E-state index contributed by atoms with van der Waals surface area (Å²) in [5.74, 6) is 8.20. The van der Waals surface area contributed by atoms with E-state index in [-0.39, 0.29) is 0 Å². The molecular formula is C22H38. The molecule has 22 heavy (non-hydrogen) atoms. The van der Waals surface area contributed by atoms with Gasteiger partial charge in [0.15, 0.2) is 0 Å². The van der Waals surface area contributed by atoms with Crippen LogP contribution in [0.15, 0.2) is 11.1 Å². The third-order valence-electron chi connectivity index (χ3n) is 8.12. The molecule has 8 atom stereocenters. The van der Waals surface area contributed by atoms with Crippen LogP contribution in [-0.4, -0.2) is 0 Å². The van der Waals surface area contributed by atoms with Crippen molar-refractivity contribution in [3.8, 4) is 0 Å². The molecule has 0 aliphatic heterocycles. The van der Waals surface area contributed by atoms with Gasteiger partial charge in [0.05, 0.1) is 0 Å². The highest BCUT2D eigenvalue weighted by atomic mass is 14.6. The molecule has 0 spiro atoms. The van der Waals surface area contributed by atoms with Crippen molar-refractivity contribution in [1.82, 2.24) is 0 Å². The molecule has 3 fully saturated rings. The average Bonchev–Trinajstić information content (AvgIpc) is 2.83. The number of rotatable bonds is 4. The van der Waals surface area contributed by atoms with Gasteiger partial charge in [0.2, 0.25) is 0 Å². The lowest BCUT2D eigenvalue weighted by Gasteiger charge is -2.58. The van der Waals surface area contributed by atoms with Crippen molar-refractivity contribution in [3.05, 3.63) is 11.1 Å². The van der Waals surface area contributed by atoms with Crippen LogP contribution in [0.2, 0.25) is 0 Å². The predicted molar refractivity (Wildman–Crippen MR) is 96.7 cm³/mol. The highest BCUT2D eigenvalue weighted by Gasteiger charge is 2.59. The Morgan fingerprint density at radius 2 is 1.45 bits per heavy atom. The number of hydrogen-bond acceptors (Lipinski definition) is 0. The maximum atomic E-state index is 2.48. The van der Waals surface area contributed by atoms with Gasteiger partial charge in [0, 0.05) is 0 Å². The largest absolute Gasteiger partial charge is 0.0769 e. The minimum Gasteiger partial charge on any atom is -0.0769 e. The standard InChI is InChI=1S/C22H38/c1-7-14-11-19-20-12-18(13(5)6)22(20)17(10-4)16(9-3)21(19)15(14)8-2/h14-17,19-22H,7-12H2,1-6H3. The van der Waals surface area contributed by atoms with E-state index in [1.165, 1.54) is 32.1 Å². The first-order chi connectivity index (χ1) is 10.6. The lowest BCUT2D eigenvalue weighted by molar-refractivity contribution is -0.0447. The summed E-state index contributed by atoms with van der Waals surface area (Å²) in [7, 11) is 0. The summed E-state index contributed by atoms with van der Waals surface area (Å²) in [4.78, 5) is 0. The molecule has 3 aliphatic rings. The van der Waals surface area contributed by atoms with E-state index in [2.05, 4.69) is 41.5 Å². The second kappa shape index (κ2) is 6.33. The second-order valence-electron chi connectivity index (χ2n) is 8.78. The fourth-order valence-electron chi connectivity index (χ4n) is 7.31. The van der Waals surface area contributed by atoms with Crippen LogP contribution in [0.5, 0.6) is 0 Å². The van der Waals surface area contributed by atoms with Crippen molar-refractivity contribution in [2.75, 3.05) is 0 Å². The van der Waals surface area contributed by atoms with Crippen LogP contribution in [0.25, 0.3) is 0 Å². The van der Waals surface area contributed by atoms with Crippen LogP contribution in [0.4, 0.5) is 0 Å². The summed E-state index contributed by atoms with van der Waals surface area (Å²) in [6, 6.07) is 0. The highest BCUT2D eigenvalue weighted by molar-refractivity contribution is 5.28. The fourth-order valence-corrected chi connectivity index (χ4v) is 7.31. The van der Waals surface area contributed by atoms with Crippen molar-refractivity contribution in [2.45, 2.75) is 80.1 Å². The Hall–Kier alpha value is -0.260. The van der Waals surface area contributed by atoms with E-state index < -0.39 is 0 Å². The summed E-state index contributed by atoms with van der Waals surface area (Å²) >= 11 is 0. The first-order valence-electron chi connectivity index (χ1n) is 10.2. The number of allylic oxidation sites excluding steroid dienone is 2. The smallest absolute Gasteiger partial charge is 0.0135 e. The summed E-state index contributed by atoms with van der Waals surface area (Å²) in [5.41, 5.74) is 3.51. The fraction of sp³-hybridized carbons (Fsp3) is 0.909. The predicted octanol–water partition coefficient (Wildman–Crippen LogP) is 6.71. The van der Waals surface area contributed by atoms with E-state index in [0.29, 0.717) is 0 Å². The molecule has 3 aliphatic carbocycles. The molecule has 3 saturated carbocycles. The first kappa shape index (κ1) is 16.6. The molecule has 0 aromatic rings. The maximum absolute atomic E-state index is 2.48. The molecule has 0 heteroatoms. The van der Waals surface area contributed by atoms with Crippen LogP contribution in [0.1, 0.15) is 80.1 Å². The van der Waals surface area contributed by atoms with Crippen molar-refractivity contribution in [3.63, 3.8) is 0 Å². The molecule has 0 heterocycles. The van der Waals surface area contributed by atoms with Gasteiger partial charge in [0.1, 0.15) is 0 Å². The zero-order chi connectivity index (χ0) is 16.0. The van der Waals surface area contributed by atoms with Gasteiger partial charge in [-0.2, -0.15) is 0 Å². The lowest BCUT2D eigenvalue weighted by atomic mass is 9.46. The van der Waals surface area contributed by atoms with E-state index in [1.54, 1.807) is 12.0 Å². The molecule has 8 unspecified atom stereocenters. The normalized spacial score (nSPS) is 46.9. The van der Waals surface area contributed by atoms with Crippen molar-refractivity contribution in [2.24, 2.45) is 47.3 Å². The van der Waals surface area contributed by atoms with E-state index in [4.69, 9.17) is 0 Å². The molecule has 126 valence electrons. The van der Waals surface area contributed by atoms with Gasteiger partial charge in [0.25, 0.3) is 0 Å². The molecule has 0 amide bonds. The monoisotopic (exact) mass is 302 g/mol. The number of hydrogen-bond donors (Lipinski definition) is 0. The van der Waals surface area contributed by atoms with Crippen molar-refractivity contribution in [1.29, 1.82) is 0 Å². The zero-order valence-electron chi connectivity index (χ0n) is 15.9. The maximum Gasteiger partial charge on any atom is -0.0135 e. The summed E-state index contributed by atoms with van der Waals surface area (Å²) in [5, 5.41) is 0. The van der Waals surface area contributed by atoms with E-state index >= 15 is 0 Å². The highest BCUT2D eigenvalue weighted by Crippen LogP contribution is 2.66. The first-order valence-corrected chi connectivity index (χ1v) is 10.2. The number of fused-ring (bicyclic) bond motifs is 3. The minimum atomic E-state index is 0.967. The summed E-state index contributed by atoms with van der Waals surface area (Å²) in [6.07, 6.45) is 8.70. The molecule has 0 aromatic heterocycles. The Labute approximate surface area is 139 Å². The van der Waals surface area contributed by atoms with Crippen molar-refractivity contribution >= 4 is 0 Å². The quantitative estimate of drug-likeness (QED) is 0.506. The SMILES string of the molecule is CCC1CC2C3CC(=C(C)C)C3C(CC)C(CC)C2C1CC. The van der Waals surface area contributed by atoms with E-state index in [0.717, 1.165) is 47.3 Å².